The first-order valence-electron chi connectivity index (χ1n) is 5.36. The molecule has 0 amide bonds. The molecule has 0 unspecified atom stereocenters. The summed E-state index contributed by atoms with van der Waals surface area (Å²) < 4.78 is 5.24. The summed E-state index contributed by atoms with van der Waals surface area (Å²) >= 11 is 5.54. The van der Waals surface area contributed by atoms with Crippen LogP contribution in [0.1, 0.15) is 59.8 Å². The second-order valence-corrected chi connectivity index (χ2v) is 4.46. The molecular formula is C11H14ClNO2. The topological polar surface area (TPSA) is 43.1 Å². The van der Waals surface area contributed by atoms with E-state index >= 15 is 0 Å². The molecule has 0 radical (unpaired) electrons. The molecule has 1 aromatic heterocycles. The van der Waals surface area contributed by atoms with Crippen molar-refractivity contribution >= 4 is 16.8 Å². The van der Waals surface area contributed by atoms with E-state index < -0.39 is 5.24 Å². The largest absolute Gasteiger partial charge is 0.360 e. The van der Waals surface area contributed by atoms with Crippen molar-refractivity contribution in [3.05, 3.63) is 17.0 Å². The Morgan fingerprint density at radius 1 is 1.40 bits per heavy atom. The predicted molar refractivity (Wildman–Crippen MR) is 57.2 cm³/mol. The maximum Gasteiger partial charge on any atom is 0.257 e. The molecule has 0 aromatic carbocycles. The highest BCUT2D eigenvalue weighted by atomic mass is 35.5. The van der Waals surface area contributed by atoms with E-state index in [0.717, 1.165) is 12.8 Å². The molecule has 0 atom stereocenters. The van der Waals surface area contributed by atoms with Gasteiger partial charge in [0.05, 0.1) is 5.69 Å². The standard InChI is InChI=1S/C11H14ClNO2/c1-7-9(11(12)14)10(15-13-7)8-5-3-2-4-6-8/h8H,2-6H2,1H3. The summed E-state index contributed by atoms with van der Waals surface area (Å²) in [5, 5.41) is 3.38. The van der Waals surface area contributed by atoms with Gasteiger partial charge in [0.2, 0.25) is 0 Å². The van der Waals surface area contributed by atoms with Crippen LogP contribution in [0, 0.1) is 6.92 Å². The van der Waals surface area contributed by atoms with E-state index in [1.165, 1.54) is 19.3 Å². The Bertz CT molecular complexity index is 367. The van der Waals surface area contributed by atoms with Gasteiger partial charge in [0.15, 0.2) is 5.76 Å². The first-order chi connectivity index (χ1) is 7.20. The molecule has 0 N–H and O–H groups in total. The lowest BCUT2D eigenvalue weighted by Crippen LogP contribution is -2.07. The van der Waals surface area contributed by atoms with Crippen molar-refractivity contribution in [2.75, 3.05) is 0 Å². The maximum absolute atomic E-state index is 11.3. The number of aryl methyl sites for hydroxylation is 1. The molecule has 82 valence electrons. The van der Waals surface area contributed by atoms with Crippen LogP contribution in [0.3, 0.4) is 0 Å². The molecular weight excluding hydrogens is 214 g/mol. The van der Waals surface area contributed by atoms with Crippen molar-refractivity contribution < 1.29 is 9.32 Å². The Labute approximate surface area is 93.8 Å². The third-order valence-electron chi connectivity index (χ3n) is 3.06. The Balaban J connectivity index is 2.30. The summed E-state index contributed by atoms with van der Waals surface area (Å²) in [7, 11) is 0. The fourth-order valence-corrected chi connectivity index (χ4v) is 2.50. The fraction of sp³-hybridized carbons (Fsp3) is 0.636. The highest BCUT2D eigenvalue weighted by Gasteiger charge is 2.27. The predicted octanol–water partition coefficient (Wildman–Crippen LogP) is 3.41. The quantitative estimate of drug-likeness (QED) is 0.728. The van der Waals surface area contributed by atoms with Gasteiger partial charge in [-0.25, -0.2) is 0 Å². The van der Waals surface area contributed by atoms with Gasteiger partial charge < -0.3 is 4.52 Å². The second-order valence-electron chi connectivity index (χ2n) is 4.12. The van der Waals surface area contributed by atoms with Gasteiger partial charge in [0.25, 0.3) is 5.24 Å². The van der Waals surface area contributed by atoms with Crippen molar-refractivity contribution in [3.63, 3.8) is 0 Å². The molecule has 1 aliphatic carbocycles. The van der Waals surface area contributed by atoms with E-state index in [9.17, 15) is 4.79 Å². The number of rotatable bonds is 2. The van der Waals surface area contributed by atoms with E-state index in [1.54, 1.807) is 6.92 Å². The van der Waals surface area contributed by atoms with Crippen molar-refractivity contribution in [1.82, 2.24) is 5.16 Å². The molecule has 0 aliphatic heterocycles. The van der Waals surface area contributed by atoms with Crippen LogP contribution in [0.4, 0.5) is 0 Å². The first kappa shape index (κ1) is 10.7. The van der Waals surface area contributed by atoms with Crippen LogP contribution in [0.25, 0.3) is 0 Å². The van der Waals surface area contributed by atoms with E-state index in [1.807, 2.05) is 0 Å². The molecule has 1 fully saturated rings. The SMILES string of the molecule is Cc1noc(C2CCCCC2)c1C(=O)Cl. The molecule has 4 heteroatoms. The average molecular weight is 228 g/mol. The van der Waals surface area contributed by atoms with Gasteiger partial charge in [-0.2, -0.15) is 0 Å². The van der Waals surface area contributed by atoms with Gasteiger partial charge >= 0.3 is 0 Å². The minimum Gasteiger partial charge on any atom is -0.360 e. The van der Waals surface area contributed by atoms with Crippen molar-refractivity contribution in [2.24, 2.45) is 0 Å². The molecule has 1 saturated carbocycles. The molecule has 1 aliphatic rings. The van der Waals surface area contributed by atoms with Gasteiger partial charge in [-0.05, 0) is 31.4 Å². The summed E-state index contributed by atoms with van der Waals surface area (Å²) in [6.07, 6.45) is 5.81. The second kappa shape index (κ2) is 4.35. The summed E-state index contributed by atoms with van der Waals surface area (Å²) in [5.74, 6) is 1.03. The number of aromatic nitrogens is 1. The molecule has 1 heterocycles. The molecule has 3 nitrogen and oxygen atoms in total. The van der Waals surface area contributed by atoms with E-state index in [4.69, 9.17) is 16.1 Å². The zero-order valence-electron chi connectivity index (χ0n) is 8.75. The summed E-state index contributed by atoms with van der Waals surface area (Å²) in [6, 6.07) is 0. The Morgan fingerprint density at radius 2 is 2.07 bits per heavy atom. The number of hydrogen-bond donors (Lipinski definition) is 0. The molecule has 15 heavy (non-hydrogen) atoms. The fourth-order valence-electron chi connectivity index (χ4n) is 2.27. The number of hydrogen-bond acceptors (Lipinski definition) is 3. The number of carbonyl (C=O) groups excluding carboxylic acids is 1. The minimum absolute atomic E-state index is 0.331. The van der Waals surface area contributed by atoms with Crippen LogP contribution in [0.5, 0.6) is 0 Å². The zero-order valence-corrected chi connectivity index (χ0v) is 9.51. The van der Waals surface area contributed by atoms with Crippen LogP contribution in [-0.2, 0) is 0 Å². The van der Waals surface area contributed by atoms with Crippen LogP contribution in [-0.4, -0.2) is 10.4 Å². The van der Waals surface area contributed by atoms with Crippen LogP contribution < -0.4 is 0 Å². The third kappa shape index (κ3) is 2.07. The Kier molecular flexibility index (Phi) is 3.10. The van der Waals surface area contributed by atoms with Crippen LogP contribution in [0.15, 0.2) is 4.52 Å². The average Bonchev–Trinajstić information content (AvgIpc) is 2.61. The lowest BCUT2D eigenvalue weighted by Gasteiger charge is -2.19. The van der Waals surface area contributed by atoms with Crippen LogP contribution >= 0.6 is 11.6 Å². The Hall–Kier alpha value is -0.830. The first-order valence-corrected chi connectivity index (χ1v) is 5.74. The zero-order chi connectivity index (χ0) is 10.8. The van der Waals surface area contributed by atoms with Gasteiger partial charge in [0.1, 0.15) is 5.56 Å². The van der Waals surface area contributed by atoms with Gasteiger partial charge in [-0.3, -0.25) is 4.79 Å². The maximum atomic E-state index is 11.3. The molecule has 2 rings (SSSR count). The lowest BCUT2D eigenvalue weighted by molar-refractivity contribution is 0.107. The monoisotopic (exact) mass is 227 g/mol. The summed E-state index contributed by atoms with van der Waals surface area (Å²) in [5.41, 5.74) is 1.10. The summed E-state index contributed by atoms with van der Waals surface area (Å²) in [6.45, 7) is 1.76. The number of nitrogens with zero attached hydrogens (tertiary/aromatic N) is 1. The molecule has 0 saturated heterocycles. The third-order valence-corrected chi connectivity index (χ3v) is 3.25. The van der Waals surface area contributed by atoms with Gasteiger partial charge in [-0.15, -0.1) is 0 Å². The van der Waals surface area contributed by atoms with Crippen LogP contribution in [0.2, 0.25) is 0 Å². The molecule has 0 spiro atoms. The smallest absolute Gasteiger partial charge is 0.257 e. The lowest BCUT2D eigenvalue weighted by atomic mass is 9.86. The van der Waals surface area contributed by atoms with Gasteiger partial charge in [-0.1, -0.05) is 24.4 Å². The van der Waals surface area contributed by atoms with Crippen molar-refractivity contribution in [1.29, 1.82) is 0 Å². The number of halogens is 1. The highest BCUT2D eigenvalue weighted by Crippen LogP contribution is 2.35. The van der Waals surface area contributed by atoms with Crippen molar-refractivity contribution in [3.8, 4) is 0 Å². The molecule has 0 bridgehead atoms. The summed E-state index contributed by atoms with van der Waals surface area (Å²) in [4.78, 5) is 11.3. The molecule has 1 aromatic rings. The minimum atomic E-state index is -0.450. The highest BCUT2D eigenvalue weighted by molar-refractivity contribution is 6.68. The number of carbonyl (C=O) groups is 1. The van der Waals surface area contributed by atoms with E-state index in [2.05, 4.69) is 5.16 Å². The Morgan fingerprint density at radius 3 is 2.67 bits per heavy atom. The van der Waals surface area contributed by atoms with E-state index in [0.29, 0.717) is 22.9 Å². The van der Waals surface area contributed by atoms with Crippen molar-refractivity contribution in [2.45, 2.75) is 44.9 Å². The normalized spacial score (nSPS) is 18.0. The van der Waals surface area contributed by atoms with Gasteiger partial charge in [0, 0.05) is 5.92 Å². The van der Waals surface area contributed by atoms with E-state index in [-0.39, 0.29) is 0 Å².